The molecule has 0 aliphatic carbocycles. The molecule has 1 amide bonds. The number of hydrogen-bond donors (Lipinski definition) is 1. The molecule has 0 saturated carbocycles. The molecule has 0 unspecified atom stereocenters. The second kappa shape index (κ2) is 5.96. The Morgan fingerprint density at radius 3 is 2.50 bits per heavy atom. The Morgan fingerprint density at radius 1 is 1.50 bits per heavy atom. The SMILES string of the molecule is CC(C)CCOC(C)(C)CNC(=O)F. The van der Waals surface area contributed by atoms with E-state index < -0.39 is 11.8 Å². The van der Waals surface area contributed by atoms with Crippen LogP contribution in [0.4, 0.5) is 9.18 Å². The van der Waals surface area contributed by atoms with Gasteiger partial charge in [0.05, 0.1) is 5.60 Å². The van der Waals surface area contributed by atoms with Crippen LogP contribution in [0.15, 0.2) is 0 Å². The van der Waals surface area contributed by atoms with Crippen LogP contribution in [0.25, 0.3) is 0 Å². The highest BCUT2D eigenvalue weighted by Crippen LogP contribution is 2.10. The smallest absolute Gasteiger partial charge is 0.374 e. The van der Waals surface area contributed by atoms with Gasteiger partial charge in [-0.15, -0.1) is 4.39 Å². The van der Waals surface area contributed by atoms with Gasteiger partial charge in [0.25, 0.3) is 0 Å². The summed E-state index contributed by atoms with van der Waals surface area (Å²) in [6, 6.07) is 0. The first kappa shape index (κ1) is 13.4. The Labute approximate surface area is 85.0 Å². The van der Waals surface area contributed by atoms with Crippen LogP contribution < -0.4 is 5.32 Å². The van der Waals surface area contributed by atoms with E-state index in [-0.39, 0.29) is 6.54 Å². The quantitative estimate of drug-likeness (QED) is 0.534. The topological polar surface area (TPSA) is 38.3 Å². The monoisotopic (exact) mass is 205 g/mol. The van der Waals surface area contributed by atoms with Crippen LogP contribution in [-0.2, 0) is 4.74 Å². The van der Waals surface area contributed by atoms with Crippen LogP contribution in [-0.4, -0.2) is 24.9 Å². The molecule has 0 heterocycles. The fraction of sp³-hybridized carbons (Fsp3) is 0.900. The lowest BCUT2D eigenvalue weighted by atomic mass is 10.1. The molecule has 3 nitrogen and oxygen atoms in total. The minimum Gasteiger partial charge on any atom is -0.374 e. The molecule has 0 rings (SSSR count). The average Bonchev–Trinajstić information content (AvgIpc) is 2.00. The molecule has 0 fully saturated rings. The van der Waals surface area contributed by atoms with Gasteiger partial charge in [0.2, 0.25) is 0 Å². The van der Waals surface area contributed by atoms with Crippen molar-refractivity contribution in [3.05, 3.63) is 0 Å². The number of halogens is 1. The first-order valence-corrected chi connectivity index (χ1v) is 4.91. The molecule has 1 N–H and O–H groups in total. The van der Waals surface area contributed by atoms with Gasteiger partial charge in [-0.25, -0.2) is 4.79 Å². The summed E-state index contributed by atoms with van der Waals surface area (Å²) in [5, 5.41) is 2.09. The number of carbonyl (C=O) groups excluding carboxylic acids is 1. The van der Waals surface area contributed by atoms with Gasteiger partial charge in [-0.2, -0.15) is 0 Å². The Morgan fingerprint density at radius 2 is 2.07 bits per heavy atom. The maximum Gasteiger partial charge on any atom is 0.397 e. The maximum atomic E-state index is 11.9. The average molecular weight is 205 g/mol. The molecule has 0 atom stereocenters. The van der Waals surface area contributed by atoms with Crippen molar-refractivity contribution in [2.24, 2.45) is 5.92 Å². The summed E-state index contributed by atoms with van der Waals surface area (Å²) in [5.74, 6) is 0.585. The van der Waals surface area contributed by atoms with E-state index >= 15 is 0 Å². The number of ether oxygens (including phenoxy) is 1. The van der Waals surface area contributed by atoms with E-state index in [9.17, 15) is 9.18 Å². The van der Waals surface area contributed by atoms with E-state index in [1.165, 1.54) is 0 Å². The molecular formula is C10H20FNO2. The van der Waals surface area contributed by atoms with Gasteiger partial charge < -0.3 is 10.1 Å². The van der Waals surface area contributed by atoms with Gasteiger partial charge in [-0.1, -0.05) is 13.8 Å². The van der Waals surface area contributed by atoms with Crippen LogP contribution in [0.5, 0.6) is 0 Å². The number of nitrogens with one attached hydrogen (secondary N) is 1. The third-order valence-electron chi connectivity index (χ3n) is 1.84. The molecular weight excluding hydrogens is 185 g/mol. The van der Waals surface area contributed by atoms with Crippen LogP contribution in [0.3, 0.4) is 0 Å². The highest BCUT2D eigenvalue weighted by atomic mass is 19.1. The van der Waals surface area contributed by atoms with E-state index in [4.69, 9.17) is 4.74 Å². The number of amides is 1. The van der Waals surface area contributed by atoms with Crippen LogP contribution in [0, 0.1) is 5.92 Å². The molecule has 0 aromatic carbocycles. The lowest BCUT2D eigenvalue weighted by Crippen LogP contribution is -2.39. The normalized spacial score (nSPS) is 11.9. The first-order chi connectivity index (χ1) is 6.33. The zero-order valence-corrected chi connectivity index (χ0v) is 9.39. The van der Waals surface area contributed by atoms with Gasteiger partial charge >= 0.3 is 6.16 Å². The van der Waals surface area contributed by atoms with Crippen molar-refractivity contribution in [3.63, 3.8) is 0 Å². The molecule has 0 aliphatic heterocycles. The van der Waals surface area contributed by atoms with Crippen LogP contribution in [0.2, 0.25) is 0 Å². The summed E-state index contributed by atoms with van der Waals surface area (Å²) in [5.41, 5.74) is -0.503. The van der Waals surface area contributed by atoms with Crippen molar-refractivity contribution in [2.45, 2.75) is 39.7 Å². The summed E-state index contributed by atoms with van der Waals surface area (Å²) in [4.78, 5) is 10.0. The van der Waals surface area contributed by atoms with E-state index in [0.717, 1.165) is 6.42 Å². The van der Waals surface area contributed by atoms with Crippen molar-refractivity contribution in [1.82, 2.24) is 5.32 Å². The second-order valence-corrected chi connectivity index (χ2v) is 4.42. The zero-order valence-electron chi connectivity index (χ0n) is 9.39. The molecule has 0 aromatic heterocycles. The van der Waals surface area contributed by atoms with Crippen molar-refractivity contribution >= 4 is 6.16 Å². The molecule has 0 saturated heterocycles. The Kier molecular flexibility index (Phi) is 5.69. The first-order valence-electron chi connectivity index (χ1n) is 4.91. The molecule has 4 heteroatoms. The molecule has 14 heavy (non-hydrogen) atoms. The van der Waals surface area contributed by atoms with Crippen molar-refractivity contribution in [2.75, 3.05) is 13.2 Å². The fourth-order valence-corrected chi connectivity index (χ4v) is 0.904. The van der Waals surface area contributed by atoms with Gasteiger partial charge in [-0.3, -0.25) is 0 Å². The van der Waals surface area contributed by atoms with Crippen LogP contribution >= 0.6 is 0 Å². The standard InChI is InChI=1S/C10H20FNO2/c1-8(2)5-6-14-10(3,4)7-12-9(11)13/h8H,5-7H2,1-4H3,(H,12,13). The number of hydrogen-bond acceptors (Lipinski definition) is 2. The van der Waals surface area contributed by atoms with Gasteiger partial charge in [0, 0.05) is 13.2 Å². The van der Waals surface area contributed by atoms with Crippen molar-refractivity contribution < 1.29 is 13.9 Å². The molecule has 0 bridgehead atoms. The van der Waals surface area contributed by atoms with Crippen molar-refractivity contribution in [3.8, 4) is 0 Å². The van der Waals surface area contributed by atoms with E-state index in [2.05, 4.69) is 19.2 Å². The molecule has 0 spiro atoms. The van der Waals surface area contributed by atoms with Crippen molar-refractivity contribution in [1.29, 1.82) is 0 Å². The lowest BCUT2D eigenvalue weighted by Gasteiger charge is -2.25. The zero-order chi connectivity index (χ0) is 11.2. The summed E-state index contributed by atoms with van der Waals surface area (Å²) < 4.78 is 17.4. The van der Waals surface area contributed by atoms with E-state index in [1.54, 1.807) is 0 Å². The van der Waals surface area contributed by atoms with Crippen LogP contribution in [0.1, 0.15) is 34.1 Å². The molecule has 0 radical (unpaired) electrons. The van der Waals surface area contributed by atoms with Gasteiger partial charge in [-0.05, 0) is 26.2 Å². The highest BCUT2D eigenvalue weighted by molar-refractivity contribution is 5.65. The highest BCUT2D eigenvalue weighted by Gasteiger charge is 2.19. The third-order valence-corrected chi connectivity index (χ3v) is 1.84. The molecule has 0 aromatic rings. The van der Waals surface area contributed by atoms with Gasteiger partial charge in [0.15, 0.2) is 0 Å². The van der Waals surface area contributed by atoms with Gasteiger partial charge in [0.1, 0.15) is 0 Å². The third kappa shape index (κ3) is 7.98. The number of carbonyl (C=O) groups is 1. The summed E-state index contributed by atoms with van der Waals surface area (Å²) in [7, 11) is 0. The summed E-state index contributed by atoms with van der Waals surface area (Å²) >= 11 is 0. The Hall–Kier alpha value is -0.640. The van der Waals surface area contributed by atoms with E-state index in [1.807, 2.05) is 13.8 Å². The predicted molar refractivity (Wildman–Crippen MR) is 54.0 cm³/mol. The lowest BCUT2D eigenvalue weighted by molar-refractivity contribution is -0.0194. The molecule has 0 aliphatic rings. The largest absolute Gasteiger partial charge is 0.397 e. The molecule has 84 valence electrons. The fourth-order valence-electron chi connectivity index (χ4n) is 0.904. The second-order valence-electron chi connectivity index (χ2n) is 4.42. The minimum absolute atomic E-state index is 0.195. The number of rotatable bonds is 6. The maximum absolute atomic E-state index is 11.9. The Balaban J connectivity index is 3.66. The summed E-state index contributed by atoms with van der Waals surface area (Å²) in [6.07, 6.45) is -0.543. The summed E-state index contributed by atoms with van der Waals surface area (Å²) in [6.45, 7) is 8.69. The minimum atomic E-state index is -1.51. The van der Waals surface area contributed by atoms with E-state index in [0.29, 0.717) is 12.5 Å². The Bertz CT molecular complexity index is 181. The predicted octanol–water partition coefficient (Wildman–Crippen LogP) is 2.51.